The molecule has 0 fully saturated rings. The molecule has 0 aliphatic rings. The summed E-state index contributed by atoms with van der Waals surface area (Å²) in [4.78, 5) is 4.06. The van der Waals surface area contributed by atoms with Crippen molar-refractivity contribution in [1.82, 2.24) is 14.9 Å². The van der Waals surface area contributed by atoms with Crippen LogP contribution in [-0.4, -0.2) is 16.6 Å². The van der Waals surface area contributed by atoms with E-state index in [0.29, 0.717) is 0 Å². The van der Waals surface area contributed by atoms with Gasteiger partial charge in [-0.3, -0.25) is 4.98 Å². The Morgan fingerprint density at radius 2 is 2.00 bits per heavy atom. The van der Waals surface area contributed by atoms with Gasteiger partial charge in [-0.1, -0.05) is 17.7 Å². The first-order valence-corrected chi connectivity index (χ1v) is 6.96. The maximum Gasteiger partial charge on any atom is 0.0501 e. The predicted molar refractivity (Wildman–Crippen MR) is 83.1 cm³/mol. The van der Waals surface area contributed by atoms with Crippen molar-refractivity contribution in [3.63, 3.8) is 0 Å². The average molecular weight is 286 g/mol. The van der Waals surface area contributed by atoms with Crippen LogP contribution in [0.1, 0.15) is 11.1 Å². The smallest absolute Gasteiger partial charge is 0.0501 e. The molecular weight excluding hydrogens is 270 g/mol. The van der Waals surface area contributed by atoms with Gasteiger partial charge in [-0.15, -0.1) is 0 Å². The molecule has 2 heterocycles. The summed E-state index contributed by atoms with van der Waals surface area (Å²) in [5.74, 6) is 0. The number of hydrogen-bond donors (Lipinski definition) is 1. The molecule has 0 aliphatic carbocycles. The fraction of sp³-hybridized carbons (Fsp3) is 0.188. The molecule has 2 aromatic heterocycles. The van der Waals surface area contributed by atoms with Crippen molar-refractivity contribution in [2.75, 3.05) is 7.05 Å². The number of hydrogen-bond acceptors (Lipinski definition) is 2. The van der Waals surface area contributed by atoms with Gasteiger partial charge in [0, 0.05) is 42.1 Å². The lowest BCUT2D eigenvalue weighted by atomic mass is 10.2. The highest BCUT2D eigenvalue weighted by atomic mass is 35.5. The van der Waals surface area contributed by atoms with E-state index in [1.54, 1.807) is 0 Å². The van der Waals surface area contributed by atoms with Gasteiger partial charge in [0.2, 0.25) is 0 Å². The Hall–Kier alpha value is -1.84. The molecule has 3 rings (SSSR count). The number of nitrogens with zero attached hydrogens (tertiary/aromatic N) is 2. The molecule has 1 aromatic carbocycles. The van der Waals surface area contributed by atoms with E-state index in [1.807, 2.05) is 43.7 Å². The summed E-state index contributed by atoms with van der Waals surface area (Å²) in [6.07, 6.45) is 5.84. The van der Waals surface area contributed by atoms with Gasteiger partial charge < -0.3 is 9.88 Å². The maximum absolute atomic E-state index is 6.14. The van der Waals surface area contributed by atoms with Gasteiger partial charge in [-0.05, 0) is 42.4 Å². The van der Waals surface area contributed by atoms with Crippen LogP contribution in [-0.2, 0) is 13.1 Å². The summed E-state index contributed by atoms with van der Waals surface area (Å²) < 4.78 is 2.24. The minimum Gasteiger partial charge on any atom is -0.343 e. The standard InChI is InChI=1S/C16H16ClN3/c1-18-9-13-11-20(10-12-4-6-19-7-5-12)16-8-14(17)2-3-15(13)16/h2-8,11,18H,9-10H2,1H3. The van der Waals surface area contributed by atoms with E-state index in [9.17, 15) is 0 Å². The zero-order valence-electron chi connectivity index (χ0n) is 11.3. The van der Waals surface area contributed by atoms with Crippen LogP contribution in [0.2, 0.25) is 5.02 Å². The highest BCUT2D eigenvalue weighted by Crippen LogP contribution is 2.25. The van der Waals surface area contributed by atoms with E-state index < -0.39 is 0 Å². The molecule has 20 heavy (non-hydrogen) atoms. The summed E-state index contributed by atoms with van der Waals surface area (Å²) in [5, 5.41) is 5.23. The molecule has 0 atom stereocenters. The van der Waals surface area contributed by atoms with Crippen molar-refractivity contribution in [1.29, 1.82) is 0 Å². The molecular formula is C16H16ClN3. The average Bonchev–Trinajstić information content (AvgIpc) is 2.78. The van der Waals surface area contributed by atoms with Crippen molar-refractivity contribution in [3.05, 3.63) is 65.1 Å². The van der Waals surface area contributed by atoms with Crippen molar-refractivity contribution in [2.45, 2.75) is 13.1 Å². The number of benzene rings is 1. The second-order valence-corrected chi connectivity index (χ2v) is 5.27. The summed E-state index contributed by atoms with van der Waals surface area (Å²) >= 11 is 6.14. The number of halogens is 1. The van der Waals surface area contributed by atoms with Crippen LogP contribution >= 0.6 is 11.6 Å². The Morgan fingerprint density at radius 3 is 2.75 bits per heavy atom. The summed E-state index contributed by atoms with van der Waals surface area (Å²) in [7, 11) is 1.96. The summed E-state index contributed by atoms with van der Waals surface area (Å²) in [6.45, 7) is 1.67. The van der Waals surface area contributed by atoms with Crippen LogP contribution < -0.4 is 5.32 Å². The maximum atomic E-state index is 6.14. The normalized spacial score (nSPS) is 11.1. The molecule has 0 spiro atoms. The second kappa shape index (κ2) is 5.65. The first-order chi connectivity index (χ1) is 9.78. The van der Waals surface area contributed by atoms with E-state index in [1.165, 1.54) is 22.0 Å². The lowest BCUT2D eigenvalue weighted by molar-refractivity contribution is 0.795. The van der Waals surface area contributed by atoms with Gasteiger partial charge in [0.05, 0.1) is 5.52 Å². The molecule has 0 amide bonds. The van der Waals surface area contributed by atoms with Crippen molar-refractivity contribution in [3.8, 4) is 0 Å². The van der Waals surface area contributed by atoms with Gasteiger partial charge in [-0.25, -0.2) is 0 Å². The third-order valence-electron chi connectivity index (χ3n) is 3.40. The monoisotopic (exact) mass is 285 g/mol. The minimum absolute atomic E-state index is 0.766. The third kappa shape index (κ3) is 2.55. The fourth-order valence-corrected chi connectivity index (χ4v) is 2.65. The van der Waals surface area contributed by atoms with Crippen molar-refractivity contribution in [2.24, 2.45) is 0 Å². The molecule has 1 N–H and O–H groups in total. The van der Waals surface area contributed by atoms with Crippen LogP contribution in [0.3, 0.4) is 0 Å². The quantitative estimate of drug-likeness (QED) is 0.796. The topological polar surface area (TPSA) is 29.9 Å². The van der Waals surface area contributed by atoms with Gasteiger partial charge in [-0.2, -0.15) is 0 Å². The van der Waals surface area contributed by atoms with Crippen molar-refractivity contribution < 1.29 is 0 Å². The van der Waals surface area contributed by atoms with Crippen molar-refractivity contribution >= 4 is 22.5 Å². The van der Waals surface area contributed by atoms with Crippen LogP contribution in [0.5, 0.6) is 0 Å². The highest BCUT2D eigenvalue weighted by Gasteiger charge is 2.09. The minimum atomic E-state index is 0.766. The Morgan fingerprint density at radius 1 is 1.20 bits per heavy atom. The number of nitrogens with one attached hydrogen (secondary N) is 1. The van der Waals surface area contributed by atoms with E-state index in [4.69, 9.17) is 11.6 Å². The Balaban J connectivity index is 2.07. The number of rotatable bonds is 4. The van der Waals surface area contributed by atoms with Crippen LogP contribution in [0.15, 0.2) is 48.9 Å². The first-order valence-electron chi connectivity index (χ1n) is 6.58. The zero-order valence-corrected chi connectivity index (χ0v) is 12.1. The molecule has 0 radical (unpaired) electrons. The zero-order chi connectivity index (χ0) is 13.9. The Kier molecular flexibility index (Phi) is 3.72. The molecule has 0 unspecified atom stereocenters. The van der Waals surface area contributed by atoms with Crippen LogP contribution in [0.4, 0.5) is 0 Å². The highest BCUT2D eigenvalue weighted by molar-refractivity contribution is 6.31. The number of pyridine rings is 1. The van der Waals surface area contributed by atoms with Gasteiger partial charge in [0.1, 0.15) is 0 Å². The predicted octanol–water partition coefficient (Wildman–Crippen LogP) is 3.46. The van der Waals surface area contributed by atoms with E-state index in [0.717, 1.165) is 18.1 Å². The number of aromatic nitrogens is 2. The SMILES string of the molecule is CNCc1cn(Cc2ccncc2)c2cc(Cl)ccc12. The van der Waals surface area contributed by atoms with Gasteiger partial charge in [0.25, 0.3) is 0 Å². The van der Waals surface area contributed by atoms with Crippen LogP contribution in [0, 0.1) is 0 Å². The Labute approximate surface area is 123 Å². The molecule has 0 saturated heterocycles. The second-order valence-electron chi connectivity index (χ2n) is 4.83. The molecule has 0 aliphatic heterocycles. The lowest BCUT2D eigenvalue weighted by Crippen LogP contribution is -2.04. The fourth-order valence-electron chi connectivity index (χ4n) is 2.49. The molecule has 0 saturated carbocycles. The molecule has 3 nitrogen and oxygen atoms in total. The molecule has 102 valence electrons. The first kappa shape index (κ1) is 13.2. The summed E-state index contributed by atoms with van der Waals surface area (Å²) in [6, 6.07) is 10.1. The molecule has 0 bridgehead atoms. The van der Waals surface area contributed by atoms with E-state index in [-0.39, 0.29) is 0 Å². The van der Waals surface area contributed by atoms with Gasteiger partial charge >= 0.3 is 0 Å². The number of fused-ring (bicyclic) bond motifs is 1. The lowest BCUT2D eigenvalue weighted by Gasteiger charge is -2.05. The van der Waals surface area contributed by atoms with E-state index in [2.05, 4.69) is 27.1 Å². The van der Waals surface area contributed by atoms with E-state index >= 15 is 0 Å². The molecule has 4 heteroatoms. The Bertz CT molecular complexity index is 719. The van der Waals surface area contributed by atoms with Gasteiger partial charge in [0.15, 0.2) is 0 Å². The van der Waals surface area contributed by atoms with Crippen LogP contribution in [0.25, 0.3) is 10.9 Å². The molecule has 3 aromatic rings. The summed E-state index contributed by atoms with van der Waals surface area (Å²) in [5.41, 5.74) is 3.68. The third-order valence-corrected chi connectivity index (χ3v) is 3.63. The largest absolute Gasteiger partial charge is 0.343 e.